The van der Waals surface area contributed by atoms with Gasteiger partial charge < -0.3 is 85.0 Å². The summed E-state index contributed by atoms with van der Waals surface area (Å²) in [5.74, 6) is -0.678. The topological polar surface area (TPSA) is 563 Å². The highest BCUT2D eigenvalue weighted by molar-refractivity contribution is 7.66. The molecule has 0 amide bonds. The molecule has 14 N–H and O–H groups in total. The van der Waals surface area contributed by atoms with E-state index in [1.807, 2.05) is 0 Å². The number of rotatable bonds is 22. The Morgan fingerprint density at radius 3 is 2.16 bits per heavy atom. The Kier molecular flexibility index (Phi) is 15.4. The lowest BCUT2D eigenvalue weighted by molar-refractivity contribution is -0.646. The Morgan fingerprint density at radius 2 is 1.43 bits per heavy atom. The van der Waals surface area contributed by atoms with Gasteiger partial charge in [-0.3, -0.25) is 46.8 Å². The van der Waals surface area contributed by atoms with E-state index in [4.69, 9.17) is 63.7 Å². The second-order valence-electron chi connectivity index (χ2n) is 17.8. The van der Waals surface area contributed by atoms with Crippen LogP contribution in [-0.4, -0.2) is 185 Å². The molecule has 0 spiro atoms. The number of aliphatic hydroxyl groups is 3. The van der Waals surface area contributed by atoms with Crippen molar-refractivity contribution < 1.29 is 113 Å². The van der Waals surface area contributed by atoms with Gasteiger partial charge in [-0.25, -0.2) is 42.5 Å². The number of nitrogens with one attached hydrogen (secondary N) is 2. The summed E-state index contributed by atoms with van der Waals surface area (Å²) in [6.07, 6.45) is -12.9. The SMILES string of the molecule is COCCOC1[C@@H](O)[C@@H](COP(=O)([O-])OP(=O)(O)OP(=O)(O)OC[C@]23CO[C@@H](C2OP(=O)(O)OC[C@H]2O[C@@H](n4cnc5c(=O)[nH]c(N)nc54)[C@@H](O)C2O)[C@H](n2cnc4c(N)ncnc42)O3)O[C@H]1n1c[n+](C)c2c(=O)[nH]c(N)nc21. The quantitative estimate of drug-likeness (QED) is 0.0172. The molecule has 40 nitrogen and oxygen atoms in total. The first-order chi connectivity index (χ1) is 37.2. The van der Waals surface area contributed by atoms with Gasteiger partial charge in [0.15, 0.2) is 41.2 Å². The highest BCUT2D eigenvalue weighted by atomic mass is 31.3. The minimum absolute atomic E-state index is 0.0165. The van der Waals surface area contributed by atoms with Gasteiger partial charge in [0.2, 0.25) is 24.5 Å². The molecule has 16 atom stereocenters. The number of nitrogens with zero attached hydrogens (tertiary/aromatic N) is 10. The lowest BCUT2D eigenvalue weighted by atomic mass is 10.0. The number of phosphoric ester groups is 3. The highest BCUT2D eigenvalue weighted by Gasteiger charge is 2.66. The fourth-order valence-electron chi connectivity index (χ4n) is 9.16. The number of imidazole rings is 3. The molecule has 0 aliphatic carbocycles. The van der Waals surface area contributed by atoms with Crippen LogP contribution >= 0.6 is 31.3 Å². The van der Waals surface area contributed by atoms with Crippen LogP contribution in [0.3, 0.4) is 0 Å². The summed E-state index contributed by atoms with van der Waals surface area (Å²) in [6.45, 7) is -4.21. The van der Waals surface area contributed by atoms with Crippen molar-refractivity contribution in [2.45, 2.75) is 73.1 Å². The van der Waals surface area contributed by atoms with Crippen molar-refractivity contribution >= 4 is 82.5 Å². The normalized spacial score (nSPS) is 31.0. The number of fused-ring (bicyclic) bond motifs is 5. The molecule has 4 aliphatic rings. The van der Waals surface area contributed by atoms with Crippen molar-refractivity contribution in [1.82, 2.24) is 53.6 Å². The van der Waals surface area contributed by atoms with Crippen LogP contribution in [0.15, 0.2) is 34.9 Å². The van der Waals surface area contributed by atoms with Gasteiger partial charge in [0.1, 0.15) is 60.2 Å². The number of hydrogen-bond acceptors (Lipinski definition) is 31. The lowest BCUT2D eigenvalue weighted by Gasteiger charge is -2.32. The number of phosphoric acid groups is 4. The second kappa shape index (κ2) is 21.3. The first-order valence-corrected chi connectivity index (χ1v) is 28.6. The number of H-pyrrole nitrogens is 2. The number of anilines is 3. The fourth-order valence-corrected chi connectivity index (χ4v) is 13.7. The molecular weight excluding hydrogens is 1150 g/mol. The van der Waals surface area contributed by atoms with Crippen molar-refractivity contribution in [3.8, 4) is 0 Å². The average molecular weight is 1200 g/mol. The van der Waals surface area contributed by atoms with Gasteiger partial charge in [0.05, 0.1) is 59.3 Å². The molecule has 10 heterocycles. The predicted octanol–water partition coefficient (Wildman–Crippen LogP) is -4.92. The Balaban J connectivity index is 0.814. The van der Waals surface area contributed by atoms with Gasteiger partial charge in [-0.05, 0) is 0 Å². The van der Waals surface area contributed by atoms with Crippen LogP contribution < -0.4 is 37.8 Å². The number of hydrogen-bond donors (Lipinski definition) is 11. The Labute approximate surface area is 438 Å². The molecule has 6 aromatic rings. The molecular formula is C35H47N15O25P4. The van der Waals surface area contributed by atoms with Crippen molar-refractivity contribution in [2.75, 3.05) is 64.0 Å². The summed E-state index contributed by atoms with van der Waals surface area (Å²) in [5, 5.41) is 33.0. The Hall–Kier alpha value is -5.19. The number of methoxy groups -OCH3 is 1. The fraction of sp³-hybridized carbons (Fsp3) is 0.571. The van der Waals surface area contributed by atoms with E-state index >= 15 is 0 Å². The molecule has 6 aromatic heterocycles. The van der Waals surface area contributed by atoms with E-state index in [0.717, 1.165) is 23.5 Å². The van der Waals surface area contributed by atoms with E-state index in [1.165, 1.54) is 34.2 Å². The molecule has 4 aliphatic heterocycles. The summed E-state index contributed by atoms with van der Waals surface area (Å²) < 4.78 is 122. The van der Waals surface area contributed by atoms with E-state index in [2.05, 4.69) is 48.5 Å². The molecule has 2 bridgehead atoms. The first-order valence-electron chi connectivity index (χ1n) is 22.7. The molecule has 44 heteroatoms. The van der Waals surface area contributed by atoms with Gasteiger partial charge in [-0.2, -0.15) is 18.8 Å². The van der Waals surface area contributed by atoms with Gasteiger partial charge in [-0.1, -0.05) is 0 Å². The molecule has 4 fully saturated rings. The van der Waals surface area contributed by atoms with Gasteiger partial charge in [-0.15, -0.1) is 0 Å². The summed E-state index contributed by atoms with van der Waals surface area (Å²) in [4.78, 5) is 99.2. The van der Waals surface area contributed by atoms with E-state index in [-0.39, 0.29) is 64.4 Å². The van der Waals surface area contributed by atoms with Crippen LogP contribution in [-0.2, 0) is 80.4 Å². The number of aryl methyl sites for hydroxylation is 1. The van der Waals surface area contributed by atoms with Crippen LogP contribution in [0, 0.1) is 0 Å². The van der Waals surface area contributed by atoms with Crippen LogP contribution in [0.2, 0.25) is 0 Å². The number of aliphatic hydroxyl groups excluding tert-OH is 3. The van der Waals surface area contributed by atoms with Crippen LogP contribution in [0.1, 0.15) is 18.7 Å². The molecule has 0 radical (unpaired) electrons. The molecule has 79 heavy (non-hydrogen) atoms. The number of aromatic nitrogens is 12. The summed E-state index contributed by atoms with van der Waals surface area (Å²) in [5.41, 5.74) is 13.4. The number of ether oxygens (including phenoxy) is 6. The molecule has 0 saturated carbocycles. The first kappa shape index (κ1) is 57.1. The maximum Gasteiger partial charge on any atom is 0.487 e. The third-order valence-electron chi connectivity index (χ3n) is 12.6. The maximum absolute atomic E-state index is 13.8. The van der Waals surface area contributed by atoms with E-state index < -0.39 is 142 Å². The van der Waals surface area contributed by atoms with Crippen molar-refractivity contribution in [2.24, 2.45) is 7.05 Å². The monoisotopic (exact) mass is 1200 g/mol. The maximum atomic E-state index is 13.8. The minimum atomic E-state index is -6.28. The Morgan fingerprint density at radius 1 is 0.772 bits per heavy atom. The molecule has 432 valence electrons. The van der Waals surface area contributed by atoms with E-state index in [9.17, 15) is 62.7 Å². The minimum Gasteiger partial charge on any atom is -0.756 e. The van der Waals surface area contributed by atoms with Crippen molar-refractivity contribution in [3.05, 3.63) is 46.0 Å². The molecule has 10 rings (SSSR count). The molecule has 7 unspecified atom stereocenters. The summed E-state index contributed by atoms with van der Waals surface area (Å²) >= 11 is 0. The van der Waals surface area contributed by atoms with Gasteiger partial charge >= 0.3 is 29.0 Å². The Bertz CT molecular complexity index is 3620. The summed E-state index contributed by atoms with van der Waals surface area (Å²) in [6, 6.07) is 0. The zero-order chi connectivity index (χ0) is 56.7. The highest BCUT2D eigenvalue weighted by Crippen LogP contribution is 2.67. The molecule has 0 aromatic carbocycles. The number of nitrogens with two attached hydrogens (primary N) is 3. The predicted molar refractivity (Wildman–Crippen MR) is 250 cm³/mol. The third kappa shape index (κ3) is 11.2. The summed E-state index contributed by atoms with van der Waals surface area (Å²) in [7, 11) is -21.0. The van der Waals surface area contributed by atoms with Crippen molar-refractivity contribution in [3.63, 3.8) is 0 Å². The van der Waals surface area contributed by atoms with Crippen LogP contribution in [0.4, 0.5) is 17.7 Å². The van der Waals surface area contributed by atoms with E-state index in [1.54, 1.807) is 0 Å². The zero-order valence-electron chi connectivity index (χ0n) is 40.3. The standard InChI is InChI=1S/C35H47N15O25P4/c1-47-12-50(27-17(47)29(55)46-34(38)44-27)31-21(65-4-3-64-2)19(52)14(71-31)6-68-77(58,59)74-79(62,63)75-78(60,61)69-8-35-7-66-22(32(72-35)48-10-41-15-24(36)39-9-40-25(15)48)23(35)73-76(56,57)67-5-13-18(51)20(53)30(70-13)49-11-42-16-26(49)43-33(37)45-28(16)54/h9-14,18-23,30-32,51-53H,3-8H2,1-2H3,(H11-,36,37,38,39,40,43,44,45,46,54,55,56,57,58,59,60,61,62,63)/t13-,14-,18?,19+,20+,21?,22+,23?,30-,31-,32-,35-/m1/s1. The smallest absolute Gasteiger partial charge is 0.487 e. The van der Waals surface area contributed by atoms with Gasteiger partial charge in [0.25, 0.3) is 24.5 Å². The average Bonchev–Trinajstić information content (AvgIpc) is 4.40. The largest absolute Gasteiger partial charge is 0.756 e. The molecule has 4 saturated heterocycles. The number of nitrogen functional groups attached to an aromatic ring is 3. The van der Waals surface area contributed by atoms with Crippen LogP contribution in [0.5, 0.6) is 0 Å². The zero-order valence-corrected chi connectivity index (χ0v) is 43.9. The van der Waals surface area contributed by atoms with Gasteiger partial charge in [0, 0.05) is 7.11 Å². The number of aromatic amines is 2. The third-order valence-corrected chi connectivity index (χ3v) is 17.8. The van der Waals surface area contributed by atoms with Crippen LogP contribution in [0.25, 0.3) is 33.5 Å². The second-order valence-corrected chi connectivity index (χ2v) is 23.8. The lowest BCUT2D eigenvalue weighted by Crippen LogP contribution is -2.45. The van der Waals surface area contributed by atoms with E-state index in [0.29, 0.717) is 0 Å². The van der Waals surface area contributed by atoms with Crippen molar-refractivity contribution in [1.29, 1.82) is 0 Å².